The van der Waals surface area contributed by atoms with E-state index in [0.29, 0.717) is 24.3 Å². The van der Waals surface area contributed by atoms with E-state index in [1.165, 1.54) is 11.0 Å². The normalized spacial score (nSPS) is 13.3. The molecule has 0 fully saturated rings. The highest BCUT2D eigenvalue weighted by molar-refractivity contribution is 6.74. The average Bonchev–Trinajstić information content (AvgIpc) is 2.74. The van der Waals surface area contributed by atoms with Gasteiger partial charge in [-0.05, 0) is 50.5 Å². The van der Waals surface area contributed by atoms with Gasteiger partial charge in [0.25, 0.3) is 0 Å². The lowest BCUT2D eigenvalue weighted by molar-refractivity contribution is 0.0278. The Hall–Kier alpha value is -2.38. The lowest BCUT2D eigenvalue weighted by atomic mass is 10.1. The summed E-state index contributed by atoms with van der Waals surface area (Å²) in [4.78, 5) is 13.9. The molecule has 0 heterocycles. The summed E-state index contributed by atoms with van der Waals surface area (Å²) in [5.74, 6) is 0.0891. The highest BCUT2D eigenvalue weighted by Crippen LogP contribution is 2.37. The Bertz CT molecular complexity index is 967. The van der Waals surface area contributed by atoms with Crippen molar-refractivity contribution in [2.75, 3.05) is 13.6 Å². The number of ether oxygens (including phenoxy) is 2. The summed E-state index contributed by atoms with van der Waals surface area (Å²) in [5, 5.41) is 0.0574. The van der Waals surface area contributed by atoms with Crippen molar-refractivity contribution >= 4 is 14.4 Å². The molecular weight excluding hydrogens is 461 g/mol. The second-order valence-electron chi connectivity index (χ2n) is 11.5. The van der Waals surface area contributed by atoms with Crippen molar-refractivity contribution in [3.63, 3.8) is 0 Å². The zero-order valence-electron chi connectivity index (χ0n) is 22.8. The first-order valence-corrected chi connectivity index (χ1v) is 15.1. The monoisotopic (exact) mass is 503 g/mol. The van der Waals surface area contributed by atoms with E-state index in [4.69, 9.17) is 13.9 Å². The number of hydrogen-bond donors (Lipinski definition) is 0. The van der Waals surface area contributed by atoms with Crippen molar-refractivity contribution in [2.45, 2.75) is 84.4 Å². The molecule has 2 aromatic carbocycles. The van der Waals surface area contributed by atoms with Gasteiger partial charge < -0.3 is 18.8 Å². The Morgan fingerprint density at radius 1 is 1.03 bits per heavy atom. The third kappa shape index (κ3) is 8.97. The fraction of sp³-hybridized carbons (Fsp3) is 0.536. The van der Waals surface area contributed by atoms with Gasteiger partial charge in [-0.3, -0.25) is 0 Å². The van der Waals surface area contributed by atoms with Crippen LogP contribution in [0.25, 0.3) is 0 Å². The Morgan fingerprint density at radius 2 is 1.66 bits per heavy atom. The molecule has 0 spiro atoms. The SMILES string of the molecule is CN(CC[C@H](Oc1ccc(CO[Si](C)(C)C(C)(C)C)c(F)c1)c1ccccc1)C(=O)OC(C)(C)C. The highest BCUT2D eigenvalue weighted by Gasteiger charge is 2.37. The molecule has 0 saturated heterocycles. The van der Waals surface area contributed by atoms with Gasteiger partial charge in [-0.25, -0.2) is 9.18 Å². The van der Waals surface area contributed by atoms with Gasteiger partial charge in [0.2, 0.25) is 0 Å². The number of amides is 1. The highest BCUT2D eigenvalue weighted by atomic mass is 28.4. The maximum atomic E-state index is 14.9. The van der Waals surface area contributed by atoms with Crippen molar-refractivity contribution in [3.8, 4) is 5.75 Å². The molecule has 2 rings (SSSR count). The van der Waals surface area contributed by atoms with Crippen LogP contribution in [-0.2, 0) is 15.8 Å². The number of benzene rings is 2. The average molecular weight is 504 g/mol. The van der Waals surface area contributed by atoms with E-state index in [0.717, 1.165) is 5.56 Å². The second-order valence-corrected chi connectivity index (χ2v) is 16.3. The molecule has 194 valence electrons. The number of carbonyl (C=O) groups is 1. The molecule has 0 unspecified atom stereocenters. The summed E-state index contributed by atoms with van der Waals surface area (Å²) in [6.07, 6.45) is -0.214. The number of halogens is 1. The zero-order valence-corrected chi connectivity index (χ0v) is 23.8. The third-order valence-electron chi connectivity index (χ3n) is 6.30. The lowest BCUT2D eigenvalue weighted by Gasteiger charge is -2.36. The van der Waals surface area contributed by atoms with Crippen molar-refractivity contribution < 1.29 is 23.1 Å². The van der Waals surface area contributed by atoms with Crippen molar-refractivity contribution in [1.82, 2.24) is 4.90 Å². The van der Waals surface area contributed by atoms with Crippen LogP contribution >= 0.6 is 0 Å². The van der Waals surface area contributed by atoms with E-state index in [1.54, 1.807) is 19.2 Å². The molecular formula is C28H42FNO4Si. The van der Waals surface area contributed by atoms with Gasteiger partial charge >= 0.3 is 6.09 Å². The van der Waals surface area contributed by atoms with Crippen LogP contribution < -0.4 is 4.74 Å². The van der Waals surface area contributed by atoms with Crippen LogP contribution in [0.2, 0.25) is 18.1 Å². The molecule has 35 heavy (non-hydrogen) atoms. The van der Waals surface area contributed by atoms with Gasteiger partial charge in [0.05, 0.1) is 6.61 Å². The van der Waals surface area contributed by atoms with Gasteiger partial charge in [-0.15, -0.1) is 0 Å². The topological polar surface area (TPSA) is 48.0 Å². The van der Waals surface area contributed by atoms with Gasteiger partial charge in [0.15, 0.2) is 8.32 Å². The molecule has 5 nitrogen and oxygen atoms in total. The Morgan fingerprint density at radius 3 is 2.20 bits per heavy atom. The molecule has 2 aromatic rings. The molecule has 1 amide bonds. The van der Waals surface area contributed by atoms with E-state index in [1.807, 2.05) is 51.1 Å². The third-order valence-corrected chi connectivity index (χ3v) is 10.8. The van der Waals surface area contributed by atoms with E-state index in [9.17, 15) is 9.18 Å². The summed E-state index contributed by atoms with van der Waals surface area (Å²) in [6, 6.07) is 14.7. The lowest BCUT2D eigenvalue weighted by Crippen LogP contribution is -2.40. The fourth-order valence-corrected chi connectivity index (χ4v) is 4.01. The smallest absolute Gasteiger partial charge is 0.410 e. The molecule has 0 aliphatic rings. The molecule has 7 heteroatoms. The Balaban J connectivity index is 2.11. The molecule has 0 radical (unpaired) electrons. The summed E-state index contributed by atoms with van der Waals surface area (Å²) in [6.45, 7) is 17.0. The van der Waals surface area contributed by atoms with Gasteiger partial charge in [-0.1, -0.05) is 57.2 Å². The first-order valence-electron chi connectivity index (χ1n) is 12.2. The first kappa shape index (κ1) is 28.9. The van der Waals surface area contributed by atoms with Crippen LogP contribution in [0, 0.1) is 5.82 Å². The van der Waals surface area contributed by atoms with Gasteiger partial charge in [0.1, 0.15) is 23.3 Å². The Labute approximate surface area is 211 Å². The molecule has 0 bridgehead atoms. The molecule has 0 aromatic heterocycles. The van der Waals surface area contributed by atoms with Crippen LogP contribution in [0.5, 0.6) is 5.75 Å². The van der Waals surface area contributed by atoms with Crippen LogP contribution in [0.1, 0.15) is 65.2 Å². The van der Waals surface area contributed by atoms with Crippen LogP contribution in [0.15, 0.2) is 48.5 Å². The fourth-order valence-electron chi connectivity index (χ4n) is 3.06. The summed E-state index contributed by atoms with van der Waals surface area (Å²) in [5.41, 5.74) is 0.910. The number of hydrogen-bond acceptors (Lipinski definition) is 4. The predicted octanol–water partition coefficient (Wildman–Crippen LogP) is 7.72. The quantitative estimate of drug-likeness (QED) is 0.329. The van der Waals surface area contributed by atoms with Crippen molar-refractivity contribution in [2.24, 2.45) is 0 Å². The number of rotatable bonds is 9. The van der Waals surface area contributed by atoms with Crippen LogP contribution in [0.3, 0.4) is 0 Å². The van der Waals surface area contributed by atoms with Crippen molar-refractivity contribution in [3.05, 3.63) is 65.5 Å². The van der Waals surface area contributed by atoms with Gasteiger partial charge in [-0.2, -0.15) is 0 Å². The van der Waals surface area contributed by atoms with E-state index in [2.05, 4.69) is 33.9 Å². The van der Waals surface area contributed by atoms with E-state index < -0.39 is 13.9 Å². The predicted molar refractivity (Wildman–Crippen MR) is 142 cm³/mol. The van der Waals surface area contributed by atoms with E-state index in [-0.39, 0.29) is 29.7 Å². The molecule has 0 saturated carbocycles. The van der Waals surface area contributed by atoms with Crippen LogP contribution in [-0.4, -0.2) is 38.5 Å². The summed E-state index contributed by atoms with van der Waals surface area (Å²) >= 11 is 0. The number of carbonyl (C=O) groups excluding carboxylic acids is 1. The second kappa shape index (κ2) is 11.6. The van der Waals surface area contributed by atoms with Crippen molar-refractivity contribution in [1.29, 1.82) is 0 Å². The number of nitrogens with zero attached hydrogens (tertiary/aromatic N) is 1. The standard InChI is InChI=1S/C28H42FNO4Si/c1-27(2,3)34-26(31)30(7)18-17-25(21-13-11-10-12-14-21)33-23-16-15-22(24(29)19-23)20-32-35(8,9)28(4,5)6/h10-16,19,25H,17-18,20H2,1-9H3/t25-/m0/s1. The summed E-state index contributed by atoms with van der Waals surface area (Å²) < 4.78 is 32.8. The zero-order chi connectivity index (χ0) is 26.4. The molecule has 0 N–H and O–H groups in total. The minimum Gasteiger partial charge on any atom is -0.486 e. The summed E-state index contributed by atoms with van der Waals surface area (Å²) in [7, 11) is -0.280. The Kier molecular flexibility index (Phi) is 9.54. The largest absolute Gasteiger partial charge is 0.486 e. The van der Waals surface area contributed by atoms with Crippen LogP contribution in [0.4, 0.5) is 9.18 Å². The minimum atomic E-state index is -1.98. The van der Waals surface area contributed by atoms with Gasteiger partial charge in [0, 0.05) is 31.6 Å². The van der Waals surface area contributed by atoms with E-state index >= 15 is 0 Å². The maximum Gasteiger partial charge on any atom is 0.410 e. The minimum absolute atomic E-state index is 0.0574. The molecule has 0 aliphatic heterocycles. The molecule has 0 aliphatic carbocycles. The molecule has 1 atom stereocenters. The first-order chi connectivity index (χ1) is 16.1. The maximum absolute atomic E-state index is 14.9.